The Morgan fingerprint density at radius 2 is 2.00 bits per heavy atom. The molecule has 5 nitrogen and oxygen atoms in total. The van der Waals surface area contributed by atoms with E-state index in [2.05, 4.69) is 0 Å². The molecule has 1 heterocycles. The van der Waals surface area contributed by atoms with Gasteiger partial charge in [-0.1, -0.05) is 12.1 Å². The number of ether oxygens (including phenoxy) is 1. The average molecular weight is 304 g/mol. The van der Waals surface area contributed by atoms with E-state index >= 15 is 0 Å². The van der Waals surface area contributed by atoms with Crippen LogP contribution < -0.4 is 14.8 Å². The highest BCUT2D eigenvalue weighted by molar-refractivity contribution is 7.92. The number of fused-ring (bicyclic) bond motifs is 1. The molecule has 0 spiro atoms. The second kappa shape index (κ2) is 4.96. The van der Waals surface area contributed by atoms with E-state index in [0.29, 0.717) is 23.7 Å². The zero-order valence-corrected chi connectivity index (χ0v) is 12.4. The molecule has 2 aromatic carbocycles. The molecule has 110 valence electrons. The summed E-state index contributed by atoms with van der Waals surface area (Å²) in [6.45, 7) is 2.56. The zero-order valence-electron chi connectivity index (χ0n) is 11.6. The van der Waals surface area contributed by atoms with Crippen LogP contribution in [0.3, 0.4) is 0 Å². The molecule has 0 fully saturated rings. The van der Waals surface area contributed by atoms with E-state index in [4.69, 9.17) is 10.5 Å². The lowest BCUT2D eigenvalue weighted by Gasteiger charge is -2.30. The van der Waals surface area contributed by atoms with Crippen molar-refractivity contribution < 1.29 is 13.2 Å². The third kappa shape index (κ3) is 2.42. The Labute approximate surface area is 124 Å². The molecule has 21 heavy (non-hydrogen) atoms. The molecule has 2 N–H and O–H groups in total. The van der Waals surface area contributed by atoms with Gasteiger partial charge in [0.05, 0.1) is 17.1 Å². The summed E-state index contributed by atoms with van der Waals surface area (Å²) >= 11 is 0. The standard InChI is InChI=1S/C15H16N2O3S/c1-11-5-6-14-15(9-11)20-8-7-17(14)21(18,19)13-4-2-3-12(16)10-13/h2-6,9-10H,7-8,16H2,1H3. The number of sulfonamides is 1. The van der Waals surface area contributed by atoms with Crippen LogP contribution in [0.2, 0.25) is 0 Å². The van der Waals surface area contributed by atoms with Crippen molar-refractivity contribution in [2.45, 2.75) is 11.8 Å². The second-order valence-corrected chi connectivity index (χ2v) is 6.83. The summed E-state index contributed by atoms with van der Waals surface area (Å²) in [7, 11) is -3.64. The van der Waals surface area contributed by atoms with Gasteiger partial charge in [-0.25, -0.2) is 8.42 Å². The highest BCUT2D eigenvalue weighted by Crippen LogP contribution is 2.36. The molecule has 6 heteroatoms. The molecule has 3 rings (SSSR count). The van der Waals surface area contributed by atoms with Crippen molar-refractivity contribution in [2.24, 2.45) is 0 Å². The van der Waals surface area contributed by atoms with Crippen molar-refractivity contribution >= 4 is 21.4 Å². The lowest BCUT2D eigenvalue weighted by atomic mass is 10.2. The summed E-state index contributed by atoms with van der Waals surface area (Å²) in [5.41, 5.74) is 7.71. The van der Waals surface area contributed by atoms with Crippen molar-refractivity contribution in [3.8, 4) is 5.75 Å². The van der Waals surface area contributed by atoms with Crippen LogP contribution in [-0.4, -0.2) is 21.6 Å². The van der Waals surface area contributed by atoms with Crippen molar-refractivity contribution in [1.29, 1.82) is 0 Å². The number of anilines is 2. The maximum Gasteiger partial charge on any atom is 0.264 e. The topological polar surface area (TPSA) is 72.6 Å². The predicted molar refractivity (Wildman–Crippen MR) is 82.1 cm³/mol. The van der Waals surface area contributed by atoms with E-state index in [-0.39, 0.29) is 11.4 Å². The minimum atomic E-state index is -3.64. The molecule has 1 aliphatic heterocycles. The lowest BCUT2D eigenvalue weighted by molar-refractivity contribution is 0.315. The van der Waals surface area contributed by atoms with Crippen molar-refractivity contribution in [2.75, 3.05) is 23.2 Å². The summed E-state index contributed by atoms with van der Waals surface area (Å²) in [4.78, 5) is 0.191. The first kappa shape index (κ1) is 13.8. The summed E-state index contributed by atoms with van der Waals surface area (Å²) < 4.78 is 32.5. The minimum Gasteiger partial charge on any atom is -0.489 e. The molecule has 0 saturated heterocycles. The SMILES string of the molecule is Cc1ccc2c(c1)OCCN2S(=O)(=O)c1cccc(N)c1. The third-order valence-electron chi connectivity index (χ3n) is 3.38. The number of hydrogen-bond acceptors (Lipinski definition) is 4. The van der Waals surface area contributed by atoms with Crippen LogP contribution in [0.1, 0.15) is 5.56 Å². The molecule has 1 aliphatic rings. The third-order valence-corrected chi connectivity index (χ3v) is 5.19. The van der Waals surface area contributed by atoms with Crippen LogP contribution >= 0.6 is 0 Å². The summed E-state index contributed by atoms with van der Waals surface area (Å²) in [6, 6.07) is 11.8. The Hall–Kier alpha value is -2.21. The minimum absolute atomic E-state index is 0.191. The number of aryl methyl sites for hydroxylation is 1. The van der Waals surface area contributed by atoms with Gasteiger partial charge in [0.15, 0.2) is 0 Å². The molecule has 0 saturated carbocycles. The fraction of sp³-hybridized carbons (Fsp3) is 0.200. The molecular weight excluding hydrogens is 288 g/mol. The molecular formula is C15H16N2O3S. The molecule has 0 bridgehead atoms. The van der Waals surface area contributed by atoms with Gasteiger partial charge in [-0.2, -0.15) is 0 Å². The Morgan fingerprint density at radius 3 is 2.76 bits per heavy atom. The monoisotopic (exact) mass is 304 g/mol. The normalized spacial score (nSPS) is 14.4. The van der Waals surface area contributed by atoms with Gasteiger partial charge in [-0.3, -0.25) is 4.31 Å². The molecule has 0 aliphatic carbocycles. The maximum atomic E-state index is 12.8. The molecule has 0 radical (unpaired) electrons. The van der Waals surface area contributed by atoms with Gasteiger partial charge in [0, 0.05) is 5.69 Å². The average Bonchev–Trinajstić information content (AvgIpc) is 2.46. The zero-order chi connectivity index (χ0) is 15.0. The quantitative estimate of drug-likeness (QED) is 0.863. The van der Waals surface area contributed by atoms with Crippen molar-refractivity contribution in [3.05, 3.63) is 48.0 Å². The molecule has 2 aromatic rings. The Bertz CT molecular complexity index is 787. The van der Waals surface area contributed by atoms with E-state index in [0.717, 1.165) is 5.56 Å². The lowest BCUT2D eigenvalue weighted by Crippen LogP contribution is -2.37. The number of nitrogens with two attached hydrogens (primary N) is 1. The van der Waals surface area contributed by atoms with Gasteiger partial charge in [0.25, 0.3) is 10.0 Å². The molecule has 0 amide bonds. The van der Waals surface area contributed by atoms with E-state index in [1.165, 1.54) is 10.4 Å². The number of rotatable bonds is 2. The van der Waals surface area contributed by atoms with E-state index in [1.807, 2.05) is 19.1 Å². The first-order valence-corrected chi connectivity index (χ1v) is 8.04. The Morgan fingerprint density at radius 1 is 1.19 bits per heavy atom. The summed E-state index contributed by atoms with van der Waals surface area (Å²) in [5.74, 6) is 0.591. The fourth-order valence-corrected chi connectivity index (χ4v) is 3.87. The van der Waals surface area contributed by atoms with Gasteiger partial charge >= 0.3 is 0 Å². The Kier molecular flexibility index (Phi) is 3.25. The van der Waals surface area contributed by atoms with Crippen LogP contribution in [0.25, 0.3) is 0 Å². The highest BCUT2D eigenvalue weighted by Gasteiger charge is 2.30. The van der Waals surface area contributed by atoms with Gasteiger partial charge < -0.3 is 10.5 Å². The maximum absolute atomic E-state index is 12.8. The van der Waals surface area contributed by atoms with Crippen LogP contribution in [0.4, 0.5) is 11.4 Å². The predicted octanol–water partition coefficient (Wildman–Crippen LogP) is 2.16. The number of benzene rings is 2. The number of nitrogens with zero attached hydrogens (tertiary/aromatic N) is 1. The van der Waals surface area contributed by atoms with Crippen LogP contribution in [-0.2, 0) is 10.0 Å². The van der Waals surface area contributed by atoms with Gasteiger partial charge in [-0.05, 0) is 42.8 Å². The first-order valence-electron chi connectivity index (χ1n) is 6.60. The van der Waals surface area contributed by atoms with Gasteiger partial charge in [-0.15, -0.1) is 0 Å². The van der Waals surface area contributed by atoms with Crippen LogP contribution in [0, 0.1) is 6.92 Å². The molecule has 0 unspecified atom stereocenters. The van der Waals surface area contributed by atoms with Crippen molar-refractivity contribution in [3.63, 3.8) is 0 Å². The first-order chi connectivity index (χ1) is 9.98. The smallest absolute Gasteiger partial charge is 0.264 e. The number of nitrogen functional groups attached to an aromatic ring is 1. The molecule has 0 atom stereocenters. The van der Waals surface area contributed by atoms with E-state index in [1.54, 1.807) is 24.3 Å². The second-order valence-electron chi connectivity index (χ2n) is 4.97. The van der Waals surface area contributed by atoms with Gasteiger partial charge in [0.2, 0.25) is 0 Å². The van der Waals surface area contributed by atoms with E-state index < -0.39 is 10.0 Å². The van der Waals surface area contributed by atoms with Crippen LogP contribution in [0.15, 0.2) is 47.4 Å². The fourth-order valence-electron chi connectivity index (χ4n) is 2.35. The Balaban J connectivity index is 2.09. The van der Waals surface area contributed by atoms with E-state index in [9.17, 15) is 8.42 Å². The highest BCUT2D eigenvalue weighted by atomic mass is 32.2. The number of hydrogen-bond donors (Lipinski definition) is 1. The van der Waals surface area contributed by atoms with Gasteiger partial charge in [0.1, 0.15) is 12.4 Å². The largest absolute Gasteiger partial charge is 0.489 e. The van der Waals surface area contributed by atoms with Crippen LogP contribution in [0.5, 0.6) is 5.75 Å². The summed E-state index contributed by atoms with van der Waals surface area (Å²) in [6.07, 6.45) is 0. The molecule has 0 aromatic heterocycles. The summed E-state index contributed by atoms with van der Waals surface area (Å²) in [5, 5.41) is 0. The van der Waals surface area contributed by atoms with Crippen molar-refractivity contribution in [1.82, 2.24) is 0 Å².